The lowest BCUT2D eigenvalue weighted by atomic mass is 10.2. The van der Waals surface area contributed by atoms with Crippen molar-refractivity contribution < 1.29 is 9.59 Å². The molecule has 2 amide bonds. The normalized spacial score (nSPS) is 15.4. The van der Waals surface area contributed by atoms with Crippen molar-refractivity contribution in [2.75, 3.05) is 31.1 Å². The third-order valence-electron chi connectivity index (χ3n) is 4.85. The van der Waals surface area contributed by atoms with Gasteiger partial charge >= 0.3 is 0 Å². The molecular formula is C20H20ClN5O2S. The van der Waals surface area contributed by atoms with E-state index in [0.717, 1.165) is 15.5 Å². The monoisotopic (exact) mass is 429 g/mol. The number of thiazole rings is 1. The molecule has 1 fully saturated rings. The van der Waals surface area contributed by atoms with Crippen molar-refractivity contribution in [1.29, 1.82) is 0 Å². The Kier molecular flexibility index (Phi) is 5.64. The first-order valence-electron chi connectivity index (χ1n) is 9.33. The zero-order valence-electron chi connectivity index (χ0n) is 15.8. The van der Waals surface area contributed by atoms with Crippen LogP contribution < -0.4 is 10.2 Å². The number of anilines is 1. The van der Waals surface area contributed by atoms with Crippen molar-refractivity contribution >= 4 is 50.2 Å². The smallest absolute Gasteiger partial charge is 0.253 e. The van der Waals surface area contributed by atoms with Crippen molar-refractivity contribution in [2.45, 2.75) is 13.0 Å². The second kappa shape index (κ2) is 8.34. The Morgan fingerprint density at radius 1 is 1.14 bits per heavy atom. The molecule has 1 aliphatic rings. The quantitative estimate of drug-likeness (QED) is 0.690. The summed E-state index contributed by atoms with van der Waals surface area (Å²) in [6.45, 7) is 4.24. The van der Waals surface area contributed by atoms with Crippen molar-refractivity contribution in [3.8, 4) is 0 Å². The van der Waals surface area contributed by atoms with Crippen LogP contribution in [0, 0.1) is 0 Å². The van der Waals surface area contributed by atoms with Crippen LogP contribution in [0.25, 0.3) is 10.3 Å². The third kappa shape index (κ3) is 4.18. The highest BCUT2D eigenvalue weighted by atomic mass is 35.5. The first-order chi connectivity index (χ1) is 14.0. The highest BCUT2D eigenvalue weighted by Gasteiger charge is 2.27. The highest BCUT2D eigenvalue weighted by molar-refractivity contribution is 7.21. The number of pyridine rings is 1. The number of nitrogens with one attached hydrogen (secondary N) is 1. The molecule has 0 radical (unpaired) electrons. The fourth-order valence-electron chi connectivity index (χ4n) is 3.27. The first-order valence-corrected chi connectivity index (χ1v) is 10.5. The second-order valence-corrected chi connectivity index (χ2v) is 8.17. The molecule has 0 saturated carbocycles. The number of benzene rings is 1. The maximum absolute atomic E-state index is 12.8. The molecule has 3 heterocycles. The van der Waals surface area contributed by atoms with Crippen LogP contribution in [-0.2, 0) is 4.79 Å². The molecule has 3 aromatic rings. The number of hydrogen-bond donors (Lipinski definition) is 1. The molecule has 0 aliphatic carbocycles. The maximum Gasteiger partial charge on any atom is 0.253 e. The lowest BCUT2D eigenvalue weighted by Crippen LogP contribution is -2.54. The Balaban J connectivity index is 1.34. The second-order valence-electron chi connectivity index (χ2n) is 6.81. The molecule has 4 rings (SSSR count). The van der Waals surface area contributed by atoms with Crippen LogP contribution >= 0.6 is 22.9 Å². The fraction of sp³-hybridized carbons (Fsp3) is 0.300. The van der Waals surface area contributed by atoms with E-state index in [4.69, 9.17) is 11.6 Å². The summed E-state index contributed by atoms with van der Waals surface area (Å²) < 4.78 is 0. The summed E-state index contributed by atoms with van der Waals surface area (Å²) in [7, 11) is 0. The van der Waals surface area contributed by atoms with Gasteiger partial charge in [-0.05, 0) is 31.2 Å². The van der Waals surface area contributed by atoms with Crippen LogP contribution in [0.5, 0.6) is 0 Å². The standard InChI is InChI=1S/C20H20ClN5O2S/c1-13(23-17(27)14-5-2-3-6-15(14)21)19(28)25-9-11-26(12-10-25)20-24-16-7-4-8-22-18(16)29-20/h2-8,13H,9-12H2,1H3,(H,23,27). The molecule has 7 nitrogen and oxygen atoms in total. The number of halogens is 1. The summed E-state index contributed by atoms with van der Waals surface area (Å²) in [6, 6.07) is 9.99. The van der Waals surface area contributed by atoms with E-state index < -0.39 is 6.04 Å². The number of fused-ring (bicyclic) bond motifs is 1. The minimum atomic E-state index is -0.628. The molecule has 1 saturated heterocycles. The van der Waals surface area contributed by atoms with Crippen LogP contribution in [0.3, 0.4) is 0 Å². The fourth-order valence-corrected chi connectivity index (χ4v) is 4.45. The number of piperazine rings is 1. The summed E-state index contributed by atoms with van der Waals surface area (Å²) in [6.07, 6.45) is 1.76. The molecule has 1 aromatic carbocycles. The van der Waals surface area contributed by atoms with E-state index in [1.54, 1.807) is 53.6 Å². The zero-order valence-corrected chi connectivity index (χ0v) is 17.4. The number of rotatable bonds is 4. The summed E-state index contributed by atoms with van der Waals surface area (Å²) in [5.74, 6) is -0.451. The van der Waals surface area contributed by atoms with E-state index in [-0.39, 0.29) is 11.8 Å². The van der Waals surface area contributed by atoms with Gasteiger partial charge in [-0.1, -0.05) is 35.1 Å². The van der Waals surface area contributed by atoms with E-state index in [1.165, 1.54) is 0 Å². The average Bonchev–Trinajstić information content (AvgIpc) is 3.18. The van der Waals surface area contributed by atoms with Gasteiger partial charge in [-0.2, -0.15) is 0 Å². The van der Waals surface area contributed by atoms with Crippen LogP contribution in [0.2, 0.25) is 5.02 Å². The Morgan fingerprint density at radius 2 is 1.90 bits per heavy atom. The Hall–Kier alpha value is -2.71. The first kappa shape index (κ1) is 19.6. The van der Waals surface area contributed by atoms with E-state index in [2.05, 4.69) is 20.2 Å². The van der Waals surface area contributed by atoms with Crippen molar-refractivity contribution in [2.24, 2.45) is 0 Å². The van der Waals surface area contributed by atoms with Gasteiger partial charge in [0.1, 0.15) is 16.4 Å². The molecule has 1 aliphatic heterocycles. The number of carbonyl (C=O) groups excluding carboxylic acids is 2. The summed E-state index contributed by atoms with van der Waals surface area (Å²) >= 11 is 7.62. The van der Waals surface area contributed by atoms with Gasteiger partial charge < -0.3 is 15.1 Å². The number of hydrogen-bond acceptors (Lipinski definition) is 6. The predicted molar refractivity (Wildman–Crippen MR) is 115 cm³/mol. The van der Waals surface area contributed by atoms with Gasteiger partial charge in [-0.15, -0.1) is 0 Å². The Bertz CT molecular complexity index is 1020. The van der Waals surface area contributed by atoms with E-state index in [9.17, 15) is 9.59 Å². The molecule has 9 heteroatoms. The molecular weight excluding hydrogens is 410 g/mol. The molecule has 0 bridgehead atoms. The van der Waals surface area contributed by atoms with Crippen molar-refractivity contribution in [3.05, 3.63) is 53.2 Å². The largest absolute Gasteiger partial charge is 0.344 e. The number of amides is 2. The lowest BCUT2D eigenvalue weighted by molar-refractivity contribution is -0.133. The Morgan fingerprint density at radius 3 is 2.62 bits per heavy atom. The van der Waals surface area contributed by atoms with Gasteiger partial charge in [0.25, 0.3) is 5.91 Å². The van der Waals surface area contributed by atoms with E-state index in [0.29, 0.717) is 36.8 Å². The van der Waals surface area contributed by atoms with Crippen molar-refractivity contribution in [1.82, 2.24) is 20.2 Å². The van der Waals surface area contributed by atoms with Gasteiger partial charge in [0.2, 0.25) is 5.91 Å². The SMILES string of the molecule is CC(NC(=O)c1ccccc1Cl)C(=O)N1CCN(c2nc3cccnc3s2)CC1. The molecule has 29 heavy (non-hydrogen) atoms. The lowest BCUT2D eigenvalue weighted by Gasteiger charge is -2.35. The summed E-state index contributed by atoms with van der Waals surface area (Å²) in [5, 5.41) is 4.03. The van der Waals surface area contributed by atoms with E-state index >= 15 is 0 Å². The van der Waals surface area contributed by atoms with Gasteiger partial charge in [0.05, 0.1) is 10.6 Å². The van der Waals surface area contributed by atoms with E-state index in [1.807, 2.05) is 12.1 Å². The number of carbonyl (C=O) groups is 2. The van der Waals surface area contributed by atoms with Crippen molar-refractivity contribution in [3.63, 3.8) is 0 Å². The topological polar surface area (TPSA) is 78.4 Å². The summed E-state index contributed by atoms with van der Waals surface area (Å²) in [5.41, 5.74) is 1.25. The predicted octanol–water partition coefficient (Wildman–Crippen LogP) is 2.81. The minimum absolute atomic E-state index is 0.101. The number of aromatic nitrogens is 2. The zero-order chi connectivity index (χ0) is 20.4. The average molecular weight is 430 g/mol. The maximum atomic E-state index is 12.8. The third-order valence-corrected chi connectivity index (χ3v) is 6.22. The summed E-state index contributed by atoms with van der Waals surface area (Å²) in [4.78, 5) is 39.0. The van der Waals surface area contributed by atoms with Gasteiger partial charge in [0.15, 0.2) is 5.13 Å². The molecule has 1 unspecified atom stereocenters. The van der Waals surface area contributed by atoms with Gasteiger partial charge in [0, 0.05) is 32.4 Å². The molecule has 1 atom stereocenters. The molecule has 150 valence electrons. The van der Waals surface area contributed by atoms with Crippen LogP contribution in [0.15, 0.2) is 42.6 Å². The van der Waals surface area contributed by atoms with Crippen LogP contribution in [0.4, 0.5) is 5.13 Å². The van der Waals surface area contributed by atoms with Crippen LogP contribution in [-0.4, -0.2) is 58.9 Å². The van der Waals surface area contributed by atoms with Gasteiger partial charge in [-0.3, -0.25) is 9.59 Å². The molecule has 0 spiro atoms. The number of nitrogens with zero attached hydrogens (tertiary/aromatic N) is 4. The molecule has 1 N–H and O–H groups in total. The molecule has 2 aromatic heterocycles. The van der Waals surface area contributed by atoms with Gasteiger partial charge in [-0.25, -0.2) is 9.97 Å². The Labute approximate surface area is 177 Å². The van der Waals surface area contributed by atoms with Crippen LogP contribution in [0.1, 0.15) is 17.3 Å². The highest BCUT2D eigenvalue weighted by Crippen LogP contribution is 2.27. The minimum Gasteiger partial charge on any atom is -0.344 e.